The lowest BCUT2D eigenvalue weighted by Gasteiger charge is -2.11. The minimum absolute atomic E-state index is 0.0183. The molecule has 0 aliphatic carbocycles. The maximum atomic E-state index is 11.8. The van der Waals surface area contributed by atoms with E-state index in [4.69, 9.17) is 14.6 Å². The van der Waals surface area contributed by atoms with Crippen LogP contribution in [-0.2, 0) is 9.53 Å². The number of amides is 1. The topological polar surface area (TPSA) is 84.9 Å². The number of hydrogen-bond acceptors (Lipinski definition) is 4. The van der Waals surface area contributed by atoms with E-state index in [1.807, 2.05) is 0 Å². The number of methoxy groups -OCH3 is 1. The van der Waals surface area contributed by atoms with Crippen LogP contribution in [0.15, 0.2) is 18.2 Å². The highest BCUT2D eigenvalue weighted by atomic mass is 16.5. The van der Waals surface area contributed by atoms with E-state index in [1.54, 1.807) is 6.07 Å². The van der Waals surface area contributed by atoms with E-state index in [-0.39, 0.29) is 23.3 Å². The van der Waals surface area contributed by atoms with Crippen LogP contribution in [0.5, 0.6) is 5.75 Å². The molecule has 20 heavy (non-hydrogen) atoms. The summed E-state index contributed by atoms with van der Waals surface area (Å²) in [6.45, 7) is 0.707. The fourth-order valence-corrected chi connectivity index (χ4v) is 2.17. The predicted molar refractivity (Wildman–Crippen MR) is 72.2 cm³/mol. The lowest BCUT2D eigenvalue weighted by atomic mass is 10.1. The minimum Gasteiger partial charge on any atom is -0.496 e. The third kappa shape index (κ3) is 3.48. The number of carbonyl (C=O) groups excluding carboxylic acids is 1. The number of carboxylic acids is 1. The number of aromatic carboxylic acids is 1. The van der Waals surface area contributed by atoms with Gasteiger partial charge in [-0.15, -0.1) is 0 Å². The lowest BCUT2D eigenvalue weighted by molar-refractivity contribution is -0.118. The molecular formula is C14H17NO5. The molecule has 1 aliphatic heterocycles. The fraction of sp³-hybridized carbons (Fsp3) is 0.429. The molecule has 2 rings (SSSR count). The summed E-state index contributed by atoms with van der Waals surface area (Å²) in [4.78, 5) is 22.8. The van der Waals surface area contributed by atoms with E-state index < -0.39 is 5.97 Å². The highest BCUT2D eigenvalue weighted by molar-refractivity contribution is 5.94. The van der Waals surface area contributed by atoms with E-state index in [2.05, 4.69) is 5.32 Å². The minimum atomic E-state index is -1.07. The largest absolute Gasteiger partial charge is 0.496 e. The zero-order chi connectivity index (χ0) is 14.5. The van der Waals surface area contributed by atoms with E-state index in [0.717, 1.165) is 12.8 Å². The Kier molecular flexibility index (Phi) is 4.57. The number of carbonyl (C=O) groups is 2. The number of benzene rings is 1. The smallest absolute Gasteiger partial charge is 0.339 e. The second kappa shape index (κ2) is 6.38. The number of ether oxygens (including phenoxy) is 2. The molecule has 0 saturated carbocycles. The molecule has 2 N–H and O–H groups in total. The Labute approximate surface area is 116 Å². The molecule has 0 radical (unpaired) electrons. The summed E-state index contributed by atoms with van der Waals surface area (Å²) in [7, 11) is 1.39. The molecule has 1 fully saturated rings. The molecule has 1 aromatic carbocycles. The monoisotopic (exact) mass is 279 g/mol. The van der Waals surface area contributed by atoms with Crippen molar-refractivity contribution in [1.29, 1.82) is 0 Å². The Morgan fingerprint density at radius 1 is 1.50 bits per heavy atom. The van der Waals surface area contributed by atoms with Crippen LogP contribution in [0.4, 0.5) is 5.69 Å². The Bertz CT molecular complexity index is 508. The number of hydrogen-bond donors (Lipinski definition) is 2. The van der Waals surface area contributed by atoms with Gasteiger partial charge < -0.3 is 19.9 Å². The van der Waals surface area contributed by atoms with E-state index in [9.17, 15) is 9.59 Å². The highest BCUT2D eigenvalue weighted by Gasteiger charge is 2.19. The molecule has 0 bridgehead atoms. The molecule has 6 heteroatoms. The van der Waals surface area contributed by atoms with Crippen molar-refractivity contribution >= 4 is 17.6 Å². The summed E-state index contributed by atoms with van der Waals surface area (Å²) < 4.78 is 10.4. The van der Waals surface area contributed by atoms with Crippen molar-refractivity contribution in [2.45, 2.75) is 25.4 Å². The standard InChI is InChI=1S/C14H17NO5/c1-19-12-7-9(4-5-11(12)14(17)18)15-13(16)8-10-3-2-6-20-10/h4-5,7,10H,2-3,6,8H2,1H3,(H,15,16)(H,17,18). The SMILES string of the molecule is COc1cc(NC(=O)CC2CCCO2)ccc1C(=O)O. The third-order valence-electron chi connectivity index (χ3n) is 3.15. The first kappa shape index (κ1) is 14.3. The van der Waals surface area contributed by atoms with Gasteiger partial charge in [0.1, 0.15) is 11.3 Å². The van der Waals surface area contributed by atoms with Crippen LogP contribution in [-0.4, -0.2) is 36.8 Å². The number of rotatable bonds is 5. The van der Waals surface area contributed by atoms with Crippen molar-refractivity contribution in [3.63, 3.8) is 0 Å². The van der Waals surface area contributed by atoms with Gasteiger partial charge in [0.05, 0.1) is 19.6 Å². The van der Waals surface area contributed by atoms with Gasteiger partial charge in [-0.2, -0.15) is 0 Å². The van der Waals surface area contributed by atoms with Crippen molar-refractivity contribution < 1.29 is 24.2 Å². The van der Waals surface area contributed by atoms with Gasteiger partial charge in [-0.3, -0.25) is 4.79 Å². The van der Waals surface area contributed by atoms with Gasteiger partial charge in [0.15, 0.2) is 0 Å². The average Bonchev–Trinajstić information content (AvgIpc) is 2.90. The molecule has 0 aromatic heterocycles. The molecule has 1 unspecified atom stereocenters. The Morgan fingerprint density at radius 2 is 2.30 bits per heavy atom. The summed E-state index contributed by atoms with van der Waals surface area (Å²) >= 11 is 0. The van der Waals surface area contributed by atoms with E-state index in [0.29, 0.717) is 18.7 Å². The zero-order valence-electron chi connectivity index (χ0n) is 11.2. The Morgan fingerprint density at radius 3 is 2.90 bits per heavy atom. The van der Waals surface area contributed by atoms with Gasteiger partial charge in [-0.1, -0.05) is 0 Å². The first-order valence-corrected chi connectivity index (χ1v) is 6.43. The first-order valence-electron chi connectivity index (χ1n) is 6.43. The van der Waals surface area contributed by atoms with Crippen LogP contribution in [0.2, 0.25) is 0 Å². The van der Waals surface area contributed by atoms with Crippen LogP contribution in [0.3, 0.4) is 0 Å². The van der Waals surface area contributed by atoms with Gasteiger partial charge in [-0.25, -0.2) is 4.79 Å². The van der Waals surface area contributed by atoms with Gasteiger partial charge >= 0.3 is 5.97 Å². The van der Waals surface area contributed by atoms with Gasteiger partial charge in [0.25, 0.3) is 0 Å². The molecule has 108 valence electrons. The average molecular weight is 279 g/mol. The molecule has 6 nitrogen and oxygen atoms in total. The number of anilines is 1. The summed E-state index contributed by atoms with van der Waals surface area (Å²) in [5, 5.41) is 11.7. The second-order valence-electron chi connectivity index (χ2n) is 4.61. The maximum Gasteiger partial charge on any atom is 0.339 e. The normalized spacial score (nSPS) is 17.8. The quantitative estimate of drug-likeness (QED) is 0.860. The lowest BCUT2D eigenvalue weighted by Crippen LogP contribution is -2.19. The van der Waals surface area contributed by atoms with Crippen molar-refractivity contribution in [3.05, 3.63) is 23.8 Å². The van der Waals surface area contributed by atoms with Crippen molar-refractivity contribution in [1.82, 2.24) is 0 Å². The van der Waals surface area contributed by atoms with Crippen LogP contribution >= 0.6 is 0 Å². The molecule has 1 atom stereocenters. The molecule has 1 aliphatic rings. The van der Waals surface area contributed by atoms with Crippen LogP contribution in [0, 0.1) is 0 Å². The maximum absolute atomic E-state index is 11.8. The second-order valence-corrected chi connectivity index (χ2v) is 4.61. The predicted octanol–water partition coefficient (Wildman–Crippen LogP) is 1.90. The molecule has 1 amide bonds. The van der Waals surface area contributed by atoms with Crippen LogP contribution in [0.25, 0.3) is 0 Å². The van der Waals surface area contributed by atoms with Crippen LogP contribution in [0.1, 0.15) is 29.6 Å². The number of nitrogens with one attached hydrogen (secondary N) is 1. The Hall–Kier alpha value is -2.08. The fourth-order valence-electron chi connectivity index (χ4n) is 2.17. The van der Waals surface area contributed by atoms with Gasteiger partial charge in [0, 0.05) is 18.4 Å². The molecular weight excluding hydrogens is 262 g/mol. The zero-order valence-corrected chi connectivity index (χ0v) is 11.2. The van der Waals surface area contributed by atoms with Gasteiger partial charge in [0.2, 0.25) is 5.91 Å². The van der Waals surface area contributed by atoms with E-state index >= 15 is 0 Å². The summed E-state index contributed by atoms with van der Waals surface area (Å²) in [5.74, 6) is -1.01. The summed E-state index contributed by atoms with van der Waals surface area (Å²) in [5.41, 5.74) is 0.569. The Balaban J connectivity index is 2.01. The molecule has 1 heterocycles. The molecule has 0 spiro atoms. The third-order valence-corrected chi connectivity index (χ3v) is 3.15. The van der Waals surface area contributed by atoms with Gasteiger partial charge in [-0.05, 0) is 25.0 Å². The first-order chi connectivity index (χ1) is 9.60. The molecule has 1 aromatic rings. The summed E-state index contributed by atoms with van der Waals surface area (Å²) in [6, 6.07) is 4.44. The molecule has 1 saturated heterocycles. The van der Waals surface area contributed by atoms with E-state index in [1.165, 1.54) is 19.2 Å². The highest BCUT2D eigenvalue weighted by Crippen LogP contribution is 2.24. The number of carboxylic acid groups (broad SMARTS) is 1. The van der Waals surface area contributed by atoms with Crippen LogP contribution < -0.4 is 10.1 Å². The van der Waals surface area contributed by atoms with Crippen molar-refractivity contribution in [3.8, 4) is 5.75 Å². The summed E-state index contributed by atoms with van der Waals surface area (Å²) in [6.07, 6.45) is 2.17. The van der Waals surface area contributed by atoms with Crippen molar-refractivity contribution in [2.75, 3.05) is 19.0 Å². The van der Waals surface area contributed by atoms with Crippen molar-refractivity contribution in [2.24, 2.45) is 0 Å².